The first-order valence-corrected chi connectivity index (χ1v) is 12.2. The Kier molecular flexibility index (Phi) is 3.53. The summed E-state index contributed by atoms with van der Waals surface area (Å²) < 4.78 is 79.8. The van der Waals surface area contributed by atoms with E-state index in [4.69, 9.17) is 12.3 Å². The molecule has 1 aromatic heterocycles. The number of para-hydroxylation sites is 1. The van der Waals surface area contributed by atoms with E-state index in [0.717, 1.165) is 33.1 Å². The van der Waals surface area contributed by atoms with Crippen molar-refractivity contribution < 1.29 is 12.3 Å². The van der Waals surface area contributed by atoms with E-state index in [2.05, 4.69) is 4.57 Å². The lowest BCUT2D eigenvalue weighted by Gasteiger charge is -2.26. The molecule has 2 atom stereocenters. The van der Waals surface area contributed by atoms with Crippen molar-refractivity contribution in [2.24, 2.45) is 0 Å². The summed E-state index contributed by atoms with van der Waals surface area (Å²) in [5, 5.41) is 1.54. The summed E-state index contributed by atoms with van der Waals surface area (Å²) in [6.45, 7) is 7.76. The Bertz CT molecular complexity index is 2070. The molecule has 0 amide bonds. The van der Waals surface area contributed by atoms with Crippen molar-refractivity contribution in [3.8, 4) is 16.8 Å². The Balaban J connectivity index is 1.86. The second-order valence-electron chi connectivity index (χ2n) is 10.2. The van der Waals surface area contributed by atoms with Crippen molar-refractivity contribution in [3.63, 3.8) is 0 Å². The first kappa shape index (κ1) is 14.7. The number of benzene rings is 4. The van der Waals surface area contributed by atoms with Crippen LogP contribution in [0.1, 0.15) is 62.1 Å². The number of hydrogen-bond donors (Lipinski definition) is 0. The number of nitrogens with zero attached hydrogens (tertiary/aromatic N) is 1. The van der Waals surface area contributed by atoms with Gasteiger partial charge in [0.15, 0.2) is 0 Å². The molecule has 0 saturated heterocycles. The lowest BCUT2D eigenvalue weighted by molar-refractivity contribution is 0.598. The van der Waals surface area contributed by atoms with E-state index in [1.54, 1.807) is 6.92 Å². The van der Waals surface area contributed by atoms with Crippen molar-refractivity contribution in [1.82, 2.24) is 4.57 Å². The summed E-state index contributed by atoms with van der Waals surface area (Å²) in [7, 11) is 0. The van der Waals surface area contributed by atoms with Gasteiger partial charge in [-0.1, -0.05) is 111 Å². The molecule has 178 valence electrons. The molecule has 0 fully saturated rings. The summed E-state index contributed by atoms with van der Waals surface area (Å²) in [4.78, 5) is 0. The van der Waals surface area contributed by atoms with Gasteiger partial charge in [-0.3, -0.25) is 0 Å². The number of aromatic nitrogens is 1. The van der Waals surface area contributed by atoms with Gasteiger partial charge < -0.3 is 4.57 Å². The molecule has 4 aromatic carbocycles. The molecular weight excluding hydrogens is 434 g/mol. The molecule has 0 aliphatic heterocycles. The van der Waals surface area contributed by atoms with Crippen LogP contribution in [0.4, 0.5) is 0 Å². The maximum atomic E-state index is 8.99. The molecule has 0 bridgehead atoms. The zero-order valence-corrected chi connectivity index (χ0v) is 20.9. The smallest absolute Gasteiger partial charge is 0.0632 e. The summed E-state index contributed by atoms with van der Waals surface area (Å²) in [5.74, 6) is -0.961. The quantitative estimate of drug-likeness (QED) is 0.244. The van der Waals surface area contributed by atoms with Gasteiger partial charge in [-0.15, -0.1) is 0 Å². The van der Waals surface area contributed by atoms with Gasteiger partial charge in [-0.2, -0.15) is 0 Å². The van der Waals surface area contributed by atoms with E-state index < -0.39 is 23.8 Å². The lowest BCUT2D eigenvalue weighted by atomic mass is 9.78. The molecule has 6 rings (SSSR count). The van der Waals surface area contributed by atoms with Gasteiger partial charge in [0.05, 0.1) is 22.0 Å². The summed E-state index contributed by atoms with van der Waals surface area (Å²) in [6.07, 6.45) is -1.25. The Hall–Kier alpha value is -3.84. The molecule has 0 N–H and O–H groups in total. The van der Waals surface area contributed by atoms with Gasteiger partial charge in [0.25, 0.3) is 0 Å². The van der Waals surface area contributed by atoms with E-state index in [-0.39, 0.29) is 47.9 Å². The van der Waals surface area contributed by atoms with Gasteiger partial charge in [-0.05, 0) is 65.3 Å². The van der Waals surface area contributed by atoms with Crippen molar-refractivity contribution >= 4 is 21.8 Å². The molecule has 1 aliphatic rings. The molecular formula is C35H33N. The third-order valence-corrected chi connectivity index (χ3v) is 6.72. The highest BCUT2D eigenvalue weighted by Gasteiger charge is 2.28. The number of rotatable bonds is 3. The Morgan fingerprint density at radius 3 is 2.50 bits per heavy atom. The topological polar surface area (TPSA) is 4.93 Å². The number of allylic oxidation sites excluding steroid dienone is 4. The summed E-state index contributed by atoms with van der Waals surface area (Å²) in [6, 6.07) is 17.5. The average Bonchev–Trinajstić information content (AvgIpc) is 3.35. The van der Waals surface area contributed by atoms with E-state index in [9.17, 15) is 0 Å². The van der Waals surface area contributed by atoms with Crippen molar-refractivity contribution in [2.45, 2.75) is 45.4 Å². The monoisotopic (exact) mass is 476 g/mol. The molecule has 1 aliphatic carbocycles. The second kappa shape index (κ2) is 8.68. The van der Waals surface area contributed by atoms with Gasteiger partial charge >= 0.3 is 0 Å². The third-order valence-electron chi connectivity index (χ3n) is 6.72. The van der Waals surface area contributed by atoms with Crippen LogP contribution in [-0.4, -0.2) is 4.57 Å². The maximum Gasteiger partial charge on any atom is 0.0632 e. The predicted octanol–water partition coefficient (Wildman–Crippen LogP) is 9.66. The van der Waals surface area contributed by atoms with Crippen molar-refractivity contribution in [3.05, 3.63) is 126 Å². The van der Waals surface area contributed by atoms with Crippen LogP contribution in [-0.2, 0) is 5.41 Å². The first-order valence-electron chi connectivity index (χ1n) is 16.8. The Labute approximate surface area is 227 Å². The van der Waals surface area contributed by atoms with Crippen LogP contribution < -0.4 is 0 Å². The van der Waals surface area contributed by atoms with Crippen molar-refractivity contribution in [2.75, 3.05) is 0 Å². The SMILES string of the molecule is [2H]C1=C([2H])C([2H])C(c2cccc3c2c2c(C(C)(C)C)c(-c4c([2H])c([2H])c([2H])c(C)c4[2H])ccc2n3-c2ccccc2)C([2H])=C1[2H]. The van der Waals surface area contributed by atoms with Gasteiger partial charge in [0.1, 0.15) is 0 Å². The summed E-state index contributed by atoms with van der Waals surface area (Å²) in [5.41, 5.74) is 4.56. The maximum absolute atomic E-state index is 8.99. The number of fused-ring (bicyclic) bond motifs is 3. The van der Waals surface area contributed by atoms with Crippen LogP contribution in [0.2, 0.25) is 0 Å². The van der Waals surface area contributed by atoms with E-state index >= 15 is 0 Å². The highest BCUT2D eigenvalue weighted by molar-refractivity contribution is 6.14. The number of hydrogen-bond acceptors (Lipinski definition) is 0. The van der Waals surface area contributed by atoms with Crippen LogP contribution in [0.15, 0.2) is 109 Å². The predicted molar refractivity (Wildman–Crippen MR) is 155 cm³/mol. The normalized spacial score (nSPS) is 22.4. The van der Waals surface area contributed by atoms with E-state index in [1.807, 2.05) is 81.4 Å². The van der Waals surface area contributed by atoms with Crippen LogP contribution >= 0.6 is 0 Å². The van der Waals surface area contributed by atoms with Crippen LogP contribution in [0, 0.1) is 6.92 Å². The van der Waals surface area contributed by atoms with Crippen LogP contribution in [0.25, 0.3) is 38.6 Å². The fourth-order valence-electron chi connectivity index (χ4n) is 5.34. The van der Waals surface area contributed by atoms with Crippen molar-refractivity contribution in [1.29, 1.82) is 0 Å². The highest BCUT2D eigenvalue weighted by Crippen LogP contribution is 2.46. The average molecular weight is 477 g/mol. The molecule has 2 unspecified atom stereocenters. The summed E-state index contributed by atoms with van der Waals surface area (Å²) >= 11 is 0. The fourth-order valence-corrected chi connectivity index (χ4v) is 5.34. The second-order valence-corrected chi connectivity index (χ2v) is 10.2. The zero-order chi connectivity index (χ0) is 32.7. The fraction of sp³-hybridized carbons (Fsp3) is 0.200. The molecule has 1 heterocycles. The van der Waals surface area contributed by atoms with Crippen LogP contribution in [0.5, 0.6) is 0 Å². The molecule has 0 spiro atoms. The Morgan fingerprint density at radius 2 is 1.69 bits per heavy atom. The molecule has 1 heteroatoms. The molecule has 0 radical (unpaired) electrons. The molecule has 36 heavy (non-hydrogen) atoms. The lowest BCUT2D eigenvalue weighted by Crippen LogP contribution is -2.14. The largest absolute Gasteiger partial charge is 0.309 e. The third kappa shape index (κ3) is 3.71. The van der Waals surface area contributed by atoms with Gasteiger partial charge in [-0.25, -0.2) is 0 Å². The standard InChI is InChI=1S/C35H33N/c1-24-13-11-16-26(23-24)29-21-22-31-33(34(29)35(2,3)4)32-28(25-14-7-5-8-15-25)19-12-20-30(32)36(31)27-17-9-6-10-18-27/h5-14,16-23,25H,15H2,1-4H3/i5D,7D,8D,11D,13D,14D,15D,16D,23D. The molecule has 0 saturated carbocycles. The van der Waals surface area contributed by atoms with Crippen LogP contribution in [0.3, 0.4) is 0 Å². The first-order chi connectivity index (χ1) is 21.2. The van der Waals surface area contributed by atoms with Gasteiger partial charge in [0, 0.05) is 23.7 Å². The highest BCUT2D eigenvalue weighted by atomic mass is 15.0. The molecule has 5 aromatic rings. The minimum Gasteiger partial charge on any atom is -0.309 e. The Morgan fingerprint density at radius 1 is 0.889 bits per heavy atom. The minimum atomic E-state index is -1.25. The van der Waals surface area contributed by atoms with E-state index in [1.165, 1.54) is 0 Å². The molecule has 1 nitrogen and oxygen atoms in total. The zero-order valence-electron chi connectivity index (χ0n) is 29.9. The van der Waals surface area contributed by atoms with Gasteiger partial charge in [0.2, 0.25) is 0 Å². The minimum absolute atomic E-state index is 0.0264. The van der Waals surface area contributed by atoms with E-state index in [0.29, 0.717) is 16.7 Å².